The molecule has 0 spiro atoms. The highest BCUT2D eigenvalue weighted by molar-refractivity contribution is 6.28. The first kappa shape index (κ1) is 18.7. The largest absolute Gasteiger partial charge is 0.456 e. The highest BCUT2D eigenvalue weighted by atomic mass is 35.5. The zero-order valence-electron chi connectivity index (χ0n) is 16.9. The summed E-state index contributed by atoms with van der Waals surface area (Å²) in [5.41, 5.74) is 5.72. The number of para-hydroxylation sites is 1. The Hall–Kier alpha value is -4.02. The van der Waals surface area contributed by atoms with E-state index < -0.39 is 0 Å². The van der Waals surface area contributed by atoms with Crippen LogP contribution in [0.5, 0.6) is 0 Å². The molecule has 4 aromatic carbocycles. The fraction of sp³-hybridized carbons (Fsp3) is 0. The summed E-state index contributed by atoms with van der Waals surface area (Å²) >= 11 is 6.19. The number of hydrogen-bond donors (Lipinski definition) is 0. The van der Waals surface area contributed by atoms with Crippen LogP contribution in [0, 0.1) is 0 Å². The smallest absolute Gasteiger partial charge is 0.226 e. The molecular formula is C27H16ClN3O. The number of hydrogen-bond acceptors (Lipinski definition) is 4. The van der Waals surface area contributed by atoms with E-state index in [9.17, 15) is 0 Å². The molecule has 2 heterocycles. The number of rotatable bonds is 3. The molecule has 0 aliphatic carbocycles. The SMILES string of the molecule is Clc1nc(-c2ccccc2)nc(-c2ccc(-c3ccc4c(c3)oc3ccccc34)cc2)n1. The molecule has 0 aliphatic rings. The molecule has 5 heteroatoms. The average molecular weight is 434 g/mol. The van der Waals surface area contributed by atoms with Gasteiger partial charge in [0.05, 0.1) is 0 Å². The summed E-state index contributed by atoms with van der Waals surface area (Å²) in [5.74, 6) is 1.10. The minimum Gasteiger partial charge on any atom is -0.456 e. The average Bonchev–Trinajstić information content (AvgIpc) is 3.22. The molecule has 4 nitrogen and oxygen atoms in total. The Morgan fingerprint density at radius 2 is 1.09 bits per heavy atom. The lowest BCUT2D eigenvalue weighted by molar-refractivity contribution is 0.669. The lowest BCUT2D eigenvalue weighted by Gasteiger charge is -2.06. The van der Waals surface area contributed by atoms with Gasteiger partial charge in [-0.15, -0.1) is 0 Å². The van der Waals surface area contributed by atoms with Crippen molar-refractivity contribution in [2.45, 2.75) is 0 Å². The van der Waals surface area contributed by atoms with Crippen LogP contribution in [0.4, 0.5) is 0 Å². The van der Waals surface area contributed by atoms with E-state index >= 15 is 0 Å². The van der Waals surface area contributed by atoms with Gasteiger partial charge in [0.15, 0.2) is 11.6 Å². The molecule has 0 saturated heterocycles. The third-order valence-corrected chi connectivity index (χ3v) is 5.66. The van der Waals surface area contributed by atoms with E-state index in [1.165, 1.54) is 0 Å². The van der Waals surface area contributed by atoms with Crippen LogP contribution in [0.25, 0.3) is 55.8 Å². The van der Waals surface area contributed by atoms with Crippen LogP contribution in [0.15, 0.2) is 101 Å². The Bertz CT molecular complexity index is 1570. The molecule has 0 fully saturated rings. The van der Waals surface area contributed by atoms with E-state index in [4.69, 9.17) is 16.0 Å². The van der Waals surface area contributed by atoms with Gasteiger partial charge in [-0.05, 0) is 40.9 Å². The van der Waals surface area contributed by atoms with Crippen molar-refractivity contribution in [3.8, 4) is 33.9 Å². The number of halogens is 1. The number of fused-ring (bicyclic) bond motifs is 3. The van der Waals surface area contributed by atoms with Crippen LogP contribution in [-0.2, 0) is 0 Å². The monoisotopic (exact) mass is 433 g/mol. The van der Waals surface area contributed by atoms with Crippen LogP contribution < -0.4 is 0 Å². The maximum Gasteiger partial charge on any atom is 0.226 e. The molecule has 0 unspecified atom stereocenters. The number of nitrogens with zero attached hydrogens (tertiary/aromatic N) is 3. The molecule has 2 aromatic heterocycles. The van der Waals surface area contributed by atoms with Crippen LogP contribution in [0.3, 0.4) is 0 Å². The standard InChI is InChI=1S/C27H16ClN3O/c28-27-30-25(18-6-2-1-3-7-18)29-26(31-27)19-12-10-17(11-13-19)20-14-15-22-21-8-4-5-9-23(21)32-24(22)16-20/h1-16H. The van der Waals surface area contributed by atoms with Crippen LogP contribution in [-0.4, -0.2) is 15.0 Å². The van der Waals surface area contributed by atoms with Crippen molar-refractivity contribution in [2.75, 3.05) is 0 Å². The molecule has 0 radical (unpaired) electrons. The molecule has 0 amide bonds. The molecule has 152 valence electrons. The molecular weight excluding hydrogens is 418 g/mol. The van der Waals surface area contributed by atoms with Crippen molar-refractivity contribution in [2.24, 2.45) is 0 Å². The van der Waals surface area contributed by atoms with E-state index in [-0.39, 0.29) is 5.28 Å². The lowest BCUT2D eigenvalue weighted by atomic mass is 10.0. The van der Waals surface area contributed by atoms with Crippen molar-refractivity contribution in [1.29, 1.82) is 0 Å². The topological polar surface area (TPSA) is 51.8 Å². The van der Waals surface area contributed by atoms with Gasteiger partial charge in [-0.1, -0.05) is 78.9 Å². The van der Waals surface area contributed by atoms with Crippen molar-refractivity contribution >= 4 is 33.5 Å². The van der Waals surface area contributed by atoms with Crippen molar-refractivity contribution in [3.05, 3.63) is 102 Å². The van der Waals surface area contributed by atoms with Gasteiger partial charge in [0.25, 0.3) is 0 Å². The van der Waals surface area contributed by atoms with Gasteiger partial charge in [-0.3, -0.25) is 0 Å². The van der Waals surface area contributed by atoms with E-state index in [0.717, 1.165) is 44.2 Å². The zero-order valence-corrected chi connectivity index (χ0v) is 17.6. The maximum atomic E-state index is 6.19. The Labute approximate surface area is 189 Å². The summed E-state index contributed by atoms with van der Waals surface area (Å²) in [6.45, 7) is 0. The molecule has 0 bridgehead atoms. The summed E-state index contributed by atoms with van der Waals surface area (Å²) in [6.07, 6.45) is 0. The highest BCUT2D eigenvalue weighted by Gasteiger charge is 2.11. The van der Waals surface area contributed by atoms with Crippen molar-refractivity contribution in [1.82, 2.24) is 15.0 Å². The summed E-state index contributed by atoms with van der Waals surface area (Å²) < 4.78 is 6.03. The van der Waals surface area contributed by atoms with Gasteiger partial charge < -0.3 is 4.42 Å². The minimum atomic E-state index is 0.174. The Kier molecular flexibility index (Phi) is 4.44. The second-order valence-corrected chi connectivity index (χ2v) is 7.84. The Balaban J connectivity index is 1.36. The van der Waals surface area contributed by atoms with Gasteiger partial charge in [0.2, 0.25) is 5.28 Å². The van der Waals surface area contributed by atoms with E-state index in [0.29, 0.717) is 11.6 Å². The van der Waals surface area contributed by atoms with Gasteiger partial charge in [-0.25, -0.2) is 4.98 Å². The van der Waals surface area contributed by atoms with Gasteiger partial charge >= 0.3 is 0 Å². The third kappa shape index (κ3) is 3.31. The predicted molar refractivity (Wildman–Crippen MR) is 128 cm³/mol. The van der Waals surface area contributed by atoms with Gasteiger partial charge in [0.1, 0.15) is 11.2 Å². The normalized spacial score (nSPS) is 11.3. The van der Waals surface area contributed by atoms with Crippen LogP contribution in [0.2, 0.25) is 5.28 Å². The Morgan fingerprint density at radius 1 is 0.500 bits per heavy atom. The fourth-order valence-electron chi connectivity index (χ4n) is 3.91. The predicted octanol–water partition coefficient (Wildman–Crippen LogP) is 7.43. The first-order valence-corrected chi connectivity index (χ1v) is 10.6. The molecule has 6 aromatic rings. The van der Waals surface area contributed by atoms with Gasteiger partial charge in [0, 0.05) is 21.9 Å². The minimum absolute atomic E-state index is 0.174. The van der Waals surface area contributed by atoms with E-state index in [1.807, 2.05) is 60.7 Å². The summed E-state index contributed by atoms with van der Waals surface area (Å²) in [7, 11) is 0. The molecule has 0 atom stereocenters. The van der Waals surface area contributed by atoms with Crippen LogP contribution >= 0.6 is 11.6 Å². The first-order chi connectivity index (χ1) is 15.7. The maximum absolute atomic E-state index is 6.19. The van der Waals surface area contributed by atoms with E-state index in [1.54, 1.807) is 0 Å². The fourth-order valence-corrected chi connectivity index (χ4v) is 4.07. The molecule has 32 heavy (non-hydrogen) atoms. The van der Waals surface area contributed by atoms with Crippen molar-refractivity contribution < 1.29 is 4.42 Å². The molecule has 0 N–H and O–H groups in total. The van der Waals surface area contributed by atoms with E-state index in [2.05, 4.69) is 51.4 Å². The number of furan rings is 1. The molecule has 0 saturated carbocycles. The van der Waals surface area contributed by atoms with Crippen molar-refractivity contribution in [3.63, 3.8) is 0 Å². The number of benzene rings is 4. The lowest BCUT2D eigenvalue weighted by Crippen LogP contribution is -1.97. The second kappa shape index (κ2) is 7.59. The summed E-state index contributed by atoms with van der Waals surface area (Å²) in [4.78, 5) is 13.2. The van der Waals surface area contributed by atoms with Crippen LogP contribution in [0.1, 0.15) is 0 Å². The first-order valence-electron chi connectivity index (χ1n) is 10.2. The number of aromatic nitrogens is 3. The highest BCUT2D eigenvalue weighted by Crippen LogP contribution is 2.32. The quantitative estimate of drug-likeness (QED) is 0.291. The summed E-state index contributed by atoms with van der Waals surface area (Å²) in [5, 5.41) is 2.42. The zero-order chi connectivity index (χ0) is 21.5. The molecule has 0 aliphatic heterocycles. The molecule has 6 rings (SSSR count). The second-order valence-electron chi connectivity index (χ2n) is 7.50. The summed E-state index contributed by atoms with van der Waals surface area (Å²) in [6, 6.07) is 32.3. The Morgan fingerprint density at radius 3 is 1.88 bits per heavy atom. The third-order valence-electron chi connectivity index (χ3n) is 5.50. The van der Waals surface area contributed by atoms with Gasteiger partial charge in [-0.2, -0.15) is 9.97 Å².